The highest BCUT2D eigenvalue weighted by atomic mass is 32.1. The Morgan fingerprint density at radius 3 is 2.86 bits per heavy atom. The normalized spacial score (nSPS) is 13.9. The minimum Gasteiger partial charge on any atom is -0.338 e. The molecule has 1 fully saturated rings. The van der Waals surface area contributed by atoms with Crippen LogP contribution < -0.4 is 0 Å². The minimum atomic E-state index is -0.314. The van der Waals surface area contributed by atoms with Gasteiger partial charge in [0.05, 0.1) is 6.20 Å². The maximum absolute atomic E-state index is 13.0. The Balaban J connectivity index is 1.75. The Labute approximate surface area is 126 Å². The van der Waals surface area contributed by atoms with Crippen molar-refractivity contribution in [1.82, 2.24) is 9.88 Å². The molecule has 1 amide bonds. The van der Waals surface area contributed by atoms with Crippen LogP contribution in [0.25, 0.3) is 0 Å². The summed E-state index contributed by atoms with van der Waals surface area (Å²) in [6, 6.07) is 6.10. The van der Waals surface area contributed by atoms with Crippen molar-refractivity contribution in [2.45, 2.75) is 12.8 Å². The van der Waals surface area contributed by atoms with Gasteiger partial charge in [-0.05, 0) is 37.0 Å². The number of thiazole rings is 1. The molecule has 0 radical (unpaired) electrons. The average Bonchev–Trinajstić information content (AvgIpc) is 3.16. The van der Waals surface area contributed by atoms with E-state index in [2.05, 4.69) is 16.8 Å². The summed E-state index contributed by atoms with van der Waals surface area (Å²) in [5.41, 5.74) is 0.595. The van der Waals surface area contributed by atoms with Crippen LogP contribution in [0.5, 0.6) is 0 Å². The average molecular weight is 300 g/mol. The number of hydrogen-bond donors (Lipinski definition) is 0. The molecule has 1 aliphatic rings. The largest absolute Gasteiger partial charge is 0.338 e. The summed E-state index contributed by atoms with van der Waals surface area (Å²) < 4.78 is 13.0. The van der Waals surface area contributed by atoms with E-state index in [1.807, 2.05) is 4.90 Å². The number of nitrogens with zero attached hydrogens (tertiary/aromatic N) is 2. The van der Waals surface area contributed by atoms with E-state index in [4.69, 9.17) is 0 Å². The molecule has 3 nitrogen and oxygen atoms in total. The van der Waals surface area contributed by atoms with Crippen molar-refractivity contribution in [2.75, 3.05) is 13.1 Å². The highest BCUT2D eigenvalue weighted by Gasteiger charge is 2.21. The molecule has 5 heteroatoms. The van der Waals surface area contributed by atoms with Gasteiger partial charge in [0.1, 0.15) is 10.7 Å². The quantitative estimate of drug-likeness (QED) is 0.759. The second kappa shape index (κ2) is 6.06. The smallest absolute Gasteiger partial charge is 0.265 e. The third-order valence-corrected chi connectivity index (χ3v) is 4.15. The molecule has 0 aliphatic carbocycles. The molecule has 2 heterocycles. The van der Waals surface area contributed by atoms with E-state index in [9.17, 15) is 9.18 Å². The molecule has 0 N–H and O–H groups in total. The number of halogens is 1. The van der Waals surface area contributed by atoms with Gasteiger partial charge in [-0.25, -0.2) is 9.37 Å². The van der Waals surface area contributed by atoms with Crippen molar-refractivity contribution in [3.8, 4) is 11.8 Å². The van der Waals surface area contributed by atoms with Crippen LogP contribution in [0, 0.1) is 17.7 Å². The molecule has 3 rings (SSSR count). The zero-order chi connectivity index (χ0) is 14.7. The lowest BCUT2D eigenvalue weighted by molar-refractivity contribution is 0.0797. The molecule has 1 aliphatic heterocycles. The maximum atomic E-state index is 13.0. The molecule has 0 spiro atoms. The van der Waals surface area contributed by atoms with E-state index in [0.29, 0.717) is 15.4 Å². The topological polar surface area (TPSA) is 33.2 Å². The first kappa shape index (κ1) is 13.8. The van der Waals surface area contributed by atoms with Gasteiger partial charge in [0, 0.05) is 18.7 Å². The summed E-state index contributed by atoms with van der Waals surface area (Å²) in [6.07, 6.45) is 3.70. The van der Waals surface area contributed by atoms with E-state index in [-0.39, 0.29) is 11.7 Å². The van der Waals surface area contributed by atoms with Gasteiger partial charge in [0.15, 0.2) is 5.01 Å². The van der Waals surface area contributed by atoms with E-state index in [1.54, 1.807) is 18.3 Å². The standard InChI is InChI=1S/C16H13FN2OS/c17-13-5-3-4-12(10-13)6-7-15-18-11-14(21-15)16(20)19-8-1-2-9-19/h3-5,10-11H,1-2,8-9H2. The molecular weight excluding hydrogens is 287 g/mol. The van der Waals surface area contributed by atoms with Crippen LogP contribution in [0.4, 0.5) is 4.39 Å². The number of hydrogen-bond acceptors (Lipinski definition) is 3. The van der Waals surface area contributed by atoms with Crippen molar-refractivity contribution in [3.63, 3.8) is 0 Å². The fourth-order valence-corrected chi connectivity index (χ4v) is 2.94. The molecule has 0 atom stereocenters. The Bertz CT molecular complexity index is 723. The summed E-state index contributed by atoms with van der Waals surface area (Å²) >= 11 is 1.28. The summed E-state index contributed by atoms with van der Waals surface area (Å²) in [6.45, 7) is 1.64. The maximum Gasteiger partial charge on any atom is 0.265 e. The SMILES string of the molecule is O=C(c1cnc(C#Cc2cccc(F)c2)s1)N1CCCC1. The number of benzene rings is 1. The molecule has 1 aromatic carbocycles. The van der Waals surface area contributed by atoms with Gasteiger partial charge in [-0.2, -0.15) is 0 Å². The highest BCUT2D eigenvalue weighted by molar-refractivity contribution is 7.14. The van der Waals surface area contributed by atoms with Crippen LogP contribution in [0.2, 0.25) is 0 Å². The number of carbonyl (C=O) groups is 1. The Morgan fingerprint density at radius 2 is 2.10 bits per heavy atom. The molecule has 2 aromatic rings. The monoisotopic (exact) mass is 300 g/mol. The van der Waals surface area contributed by atoms with Crippen LogP contribution in [-0.2, 0) is 0 Å². The van der Waals surface area contributed by atoms with Crippen molar-refractivity contribution in [1.29, 1.82) is 0 Å². The third kappa shape index (κ3) is 3.29. The number of rotatable bonds is 1. The van der Waals surface area contributed by atoms with Crippen molar-refractivity contribution in [2.24, 2.45) is 0 Å². The predicted octanol–water partition coefficient (Wildman–Crippen LogP) is 2.92. The first-order valence-electron chi connectivity index (χ1n) is 6.75. The van der Waals surface area contributed by atoms with Gasteiger partial charge < -0.3 is 4.90 Å². The second-order valence-electron chi connectivity index (χ2n) is 4.79. The van der Waals surface area contributed by atoms with Crippen LogP contribution >= 0.6 is 11.3 Å². The number of aromatic nitrogens is 1. The van der Waals surface area contributed by atoms with E-state index < -0.39 is 0 Å². The summed E-state index contributed by atoms with van der Waals surface area (Å²) in [5, 5.41) is 0.571. The number of amides is 1. The number of carbonyl (C=O) groups excluding carboxylic acids is 1. The molecular formula is C16H13FN2OS. The minimum absolute atomic E-state index is 0.0313. The van der Waals surface area contributed by atoms with Crippen molar-refractivity contribution >= 4 is 17.2 Å². The molecule has 0 unspecified atom stereocenters. The lowest BCUT2D eigenvalue weighted by Crippen LogP contribution is -2.26. The summed E-state index contributed by atoms with van der Waals surface area (Å²) in [4.78, 5) is 18.8. The van der Waals surface area contributed by atoms with Gasteiger partial charge in [0.2, 0.25) is 0 Å². The first-order valence-corrected chi connectivity index (χ1v) is 7.57. The second-order valence-corrected chi connectivity index (χ2v) is 5.82. The van der Waals surface area contributed by atoms with E-state index in [0.717, 1.165) is 25.9 Å². The summed E-state index contributed by atoms with van der Waals surface area (Å²) in [5.74, 6) is 5.45. The molecule has 1 saturated heterocycles. The van der Waals surface area contributed by atoms with E-state index in [1.165, 1.54) is 23.5 Å². The zero-order valence-electron chi connectivity index (χ0n) is 11.3. The lowest BCUT2D eigenvalue weighted by atomic mass is 10.2. The highest BCUT2D eigenvalue weighted by Crippen LogP contribution is 2.18. The van der Waals surface area contributed by atoms with Gasteiger partial charge in [-0.3, -0.25) is 4.79 Å². The van der Waals surface area contributed by atoms with Crippen LogP contribution in [0.3, 0.4) is 0 Å². The van der Waals surface area contributed by atoms with Gasteiger partial charge in [-0.1, -0.05) is 12.0 Å². The molecule has 0 bridgehead atoms. The fourth-order valence-electron chi connectivity index (χ4n) is 2.20. The van der Waals surface area contributed by atoms with Crippen LogP contribution in [0.15, 0.2) is 30.5 Å². The Morgan fingerprint density at radius 1 is 1.29 bits per heavy atom. The van der Waals surface area contributed by atoms with Crippen molar-refractivity contribution in [3.05, 3.63) is 51.7 Å². The summed E-state index contributed by atoms with van der Waals surface area (Å²) in [7, 11) is 0. The molecule has 1 aromatic heterocycles. The van der Waals surface area contributed by atoms with Gasteiger partial charge in [0.25, 0.3) is 5.91 Å². The van der Waals surface area contributed by atoms with Crippen molar-refractivity contribution < 1.29 is 9.18 Å². The van der Waals surface area contributed by atoms with E-state index >= 15 is 0 Å². The van der Waals surface area contributed by atoms with Crippen LogP contribution in [-0.4, -0.2) is 28.9 Å². The third-order valence-electron chi connectivity index (χ3n) is 3.25. The molecule has 21 heavy (non-hydrogen) atoms. The van der Waals surface area contributed by atoms with Gasteiger partial charge in [-0.15, -0.1) is 11.3 Å². The number of likely N-dealkylation sites (tertiary alicyclic amines) is 1. The van der Waals surface area contributed by atoms with Gasteiger partial charge >= 0.3 is 0 Å². The predicted molar refractivity (Wildman–Crippen MR) is 79.6 cm³/mol. The fraction of sp³-hybridized carbons (Fsp3) is 0.250. The molecule has 106 valence electrons. The lowest BCUT2D eigenvalue weighted by Gasteiger charge is -2.12. The van der Waals surface area contributed by atoms with Crippen LogP contribution in [0.1, 0.15) is 33.1 Å². The zero-order valence-corrected chi connectivity index (χ0v) is 12.1. The Kier molecular flexibility index (Phi) is 3.98. The first-order chi connectivity index (χ1) is 10.2. The Hall–Kier alpha value is -2.19. The molecule has 0 saturated carbocycles.